The molecule has 0 N–H and O–H groups in total. The second kappa shape index (κ2) is 10.8. The predicted octanol–water partition coefficient (Wildman–Crippen LogP) is 10.9. The van der Waals surface area contributed by atoms with Gasteiger partial charge in [0.15, 0.2) is 5.82 Å². The molecule has 0 saturated heterocycles. The van der Waals surface area contributed by atoms with E-state index < -0.39 is 5.41 Å². The maximum Gasteiger partial charge on any atom is 0.160 e. The fourth-order valence-corrected chi connectivity index (χ4v) is 8.11. The molecule has 0 fully saturated rings. The maximum atomic E-state index is 5.29. The van der Waals surface area contributed by atoms with Gasteiger partial charge in [0, 0.05) is 34.6 Å². The number of rotatable bonds is 4. The first-order chi connectivity index (χ1) is 24.3. The summed E-state index contributed by atoms with van der Waals surface area (Å²) >= 11 is 0. The van der Waals surface area contributed by atoms with Crippen LogP contribution in [-0.2, 0) is 5.41 Å². The average Bonchev–Trinajstić information content (AvgIpc) is 3.66. The van der Waals surface area contributed by atoms with E-state index in [1.165, 1.54) is 44.5 Å². The minimum absolute atomic E-state index is 0.424. The lowest BCUT2D eigenvalue weighted by atomic mass is 9.70. The van der Waals surface area contributed by atoms with Crippen LogP contribution in [0.2, 0.25) is 0 Å². The SMILES string of the molecule is c1ccc(-c2cc(-c3cccc(-c4cccnc4)c3)nc(-c3ccc4c(c3)C3(c5ccccc5-c5ccccc53)c3ccccc3-4)n2)cc1. The van der Waals surface area contributed by atoms with Crippen LogP contribution < -0.4 is 0 Å². The summed E-state index contributed by atoms with van der Waals surface area (Å²) in [7, 11) is 0. The molecule has 3 nitrogen and oxygen atoms in total. The molecular weight excluding hydrogens is 595 g/mol. The van der Waals surface area contributed by atoms with Gasteiger partial charge in [0.05, 0.1) is 16.8 Å². The Labute approximate surface area is 285 Å². The molecule has 0 aliphatic heterocycles. The number of hydrogen-bond acceptors (Lipinski definition) is 3. The summed E-state index contributed by atoms with van der Waals surface area (Å²) in [6.45, 7) is 0. The van der Waals surface area contributed by atoms with E-state index in [0.717, 1.165) is 39.2 Å². The van der Waals surface area contributed by atoms with Crippen LogP contribution in [0.5, 0.6) is 0 Å². The minimum Gasteiger partial charge on any atom is -0.264 e. The smallest absolute Gasteiger partial charge is 0.160 e. The normalized spacial score (nSPS) is 13.1. The molecule has 0 unspecified atom stereocenters. The first kappa shape index (κ1) is 27.6. The molecule has 6 aromatic carbocycles. The highest BCUT2D eigenvalue weighted by Gasteiger charge is 2.51. The zero-order valence-corrected chi connectivity index (χ0v) is 26.6. The number of aromatic nitrogens is 3. The van der Waals surface area contributed by atoms with E-state index >= 15 is 0 Å². The van der Waals surface area contributed by atoms with Gasteiger partial charge in [-0.25, -0.2) is 9.97 Å². The number of hydrogen-bond donors (Lipinski definition) is 0. The van der Waals surface area contributed by atoms with Crippen LogP contribution in [0, 0.1) is 0 Å². The highest BCUT2D eigenvalue weighted by Crippen LogP contribution is 2.62. The Morgan fingerprint density at radius 2 is 0.898 bits per heavy atom. The van der Waals surface area contributed by atoms with E-state index in [9.17, 15) is 0 Å². The molecule has 2 aromatic heterocycles. The molecule has 0 amide bonds. The van der Waals surface area contributed by atoms with Crippen molar-refractivity contribution in [1.29, 1.82) is 0 Å². The van der Waals surface area contributed by atoms with Crippen LogP contribution in [0.25, 0.3) is 67.3 Å². The van der Waals surface area contributed by atoms with Crippen molar-refractivity contribution in [2.24, 2.45) is 0 Å². The van der Waals surface area contributed by atoms with Gasteiger partial charge in [-0.05, 0) is 74.3 Å². The monoisotopic (exact) mass is 623 g/mol. The summed E-state index contributed by atoms with van der Waals surface area (Å²) < 4.78 is 0. The lowest BCUT2D eigenvalue weighted by Gasteiger charge is -2.30. The topological polar surface area (TPSA) is 38.7 Å². The van der Waals surface area contributed by atoms with Crippen molar-refractivity contribution in [1.82, 2.24) is 15.0 Å². The minimum atomic E-state index is -0.424. The Hall–Kier alpha value is -6.45. The van der Waals surface area contributed by atoms with Crippen LogP contribution >= 0.6 is 0 Å². The predicted molar refractivity (Wildman–Crippen MR) is 198 cm³/mol. The second-order valence-electron chi connectivity index (χ2n) is 12.8. The van der Waals surface area contributed by atoms with E-state index in [1.807, 2.05) is 18.3 Å². The average molecular weight is 624 g/mol. The Kier molecular flexibility index (Phi) is 6.09. The third kappa shape index (κ3) is 4.12. The van der Waals surface area contributed by atoms with Crippen LogP contribution in [0.1, 0.15) is 22.3 Å². The lowest BCUT2D eigenvalue weighted by Crippen LogP contribution is -2.25. The van der Waals surface area contributed by atoms with E-state index in [4.69, 9.17) is 9.97 Å². The van der Waals surface area contributed by atoms with Crippen molar-refractivity contribution in [3.05, 3.63) is 198 Å². The number of pyridine rings is 1. The molecule has 8 aromatic rings. The molecule has 0 saturated carbocycles. The van der Waals surface area contributed by atoms with Gasteiger partial charge >= 0.3 is 0 Å². The van der Waals surface area contributed by atoms with Gasteiger partial charge in [-0.3, -0.25) is 4.98 Å². The van der Waals surface area contributed by atoms with Crippen molar-refractivity contribution < 1.29 is 0 Å². The van der Waals surface area contributed by atoms with E-state index in [-0.39, 0.29) is 0 Å². The third-order valence-electron chi connectivity index (χ3n) is 10.2. The summed E-state index contributed by atoms with van der Waals surface area (Å²) in [5, 5.41) is 0. The zero-order valence-electron chi connectivity index (χ0n) is 26.6. The number of fused-ring (bicyclic) bond motifs is 10. The van der Waals surface area contributed by atoms with E-state index in [0.29, 0.717) is 5.82 Å². The van der Waals surface area contributed by atoms with Crippen molar-refractivity contribution in [2.45, 2.75) is 5.41 Å². The summed E-state index contributed by atoms with van der Waals surface area (Å²) in [5.74, 6) is 0.705. The van der Waals surface area contributed by atoms with Crippen molar-refractivity contribution in [2.75, 3.05) is 0 Å². The van der Waals surface area contributed by atoms with Gasteiger partial charge in [0.1, 0.15) is 0 Å². The molecule has 0 atom stereocenters. The largest absolute Gasteiger partial charge is 0.264 e. The molecule has 10 rings (SSSR count). The molecule has 2 aliphatic carbocycles. The molecule has 49 heavy (non-hydrogen) atoms. The highest BCUT2D eigenvalue weighted by atomic mass is 14.9. The van der Waals surface area contributed by atoms with E-state index in [1.54, 1.807) is 6.20 Å². The number of benzene rings is 6. The molecule has 0 bridgehead atoms. The van der Waals surface area contributed by atoms with Crippen LogP contribution in [0.3, 0.4) is 0 Å². The van der Waals surface area contributed by atoms with Crippen LogP contribution in [0.4, 0.5) is 0 Å². The van der Waals surface area contributed by atoms with Gasteiger partial charge in [-0.15, -0.1) is 0 Å². The zero-order chi connectivity index (χ0) is 32.4. The molecule has 1 spiro atoms. The Balaban J connectivity index is 1.21. The van der Waals surface area contributed by atoms with Gasteiger partial charge < -0.3 is 0 Å². The van der Waals surface area contributed by atoms with E-state index in [2.05, 4.69) is 157 Å². The number of nitrogens with zero attached hydrogens (tertiary/aromatic N) is 3. The molecule has 228 valence electrons. The fourth-order valence-electron chi connectivity index (χ4n) is 8.11. The Bertz CT molecular complexity index is 2490. The van der Waals surface area contributed by atoms with Gasteiger partial charge in [-0.1, -0.05) is 140 Å². The fraction of sp³-hybridized carbons (Fsp3) is 0.0217. The molecule has 2 heterocycles. The van der Waals surface area contributed by atoms with Crippen LogP contribution in [-0.4, -0.2) is 15.0 Å². The quantitative estimate of drug-likeness (QED) is 0.196. The first-order valence-corrected chi connectivity index (χ1v) is 16.7. The summed E-state index contributed by atoms with van der Waals surface area (Å²) in [6.07, 6.45) is 3.70. The Morgan fingerprint density at radius 3 is 1.55 bits per heavy atom. The van der Waals surface area contributed by atoms with Gasteiger partial charge in [0.2, 0.25) is 0 Å². The highest BCUT2D eigenvalue weighted by molar-refractivity contribution is 5.95. The Morgan fingerprint density at radius 1 is 0.347 bits per heavy atom. The molecule has 3 heteroatoms. The molecule has 0 radical (unpaired) electrons. The van der Waals surface area contributed by atoms with Crippen molar-refractivity contribution in [3.63, 3.8) is 0 Å². The molecular formula is C46H29N3. The molecule has 2 aliphatic rings. The third-order valence-corrected chi connectivity index (χ3v) is 10.2. The summed E-state index contributed by atoms with van der Waals surface area (Å²) in [4.78, 5) is 14.9. The first-order valence-electron chi connectivity index (χ1n) is 16.7. The maximum absolute atomic E-state index is 5.29. The van der Waals surface area contributed by atoms with Gasteiger partial charge in [0.25, 0.3) is 0 Å². The lowest BCUT2D eigenvalue weighted by molar-refractivity contribution is 0.794. The van der Waals surface area contributed by atoms with Gasteiger partial charge in [-0.2, -0.15) is 0 Å². The summed E-state index contributed by atoms with van der Waals surface area (Å²) in [5.41, 5.74) is 17.0. The summed E-state index contributed by atoms with van der Waals surface area (Å²) in [6, 6.07) is 58.7. The van der Waals surface area contributed by atoms with Crippen molar-refractivity contribution in [3.8, 4) is 67.3 Å². The van der Waals surface area contributed by atoms with Crippen molar-refractivity contribution >= 4 is 0 Å². The van der Waals surface area contributed by atoms with Crippen LogP contribution in [0.15, 0.2) is 176 Å². The standard InChI is InChI=1S/C46H29N3/c1-2-12-30(13-3-1)43-28-44(32-15-10-14-31(26-32)34-16-11-25-47-29-34)49-45(48-43)33-23-24-38-37-19-6-9-22-41(37)46(42(38)27-33)39-20-7-4-17-35(39)36-18-5-8-21-40(36)46/h1-29H. The second-order valence-corrected chi connectivity index (χ2v) is 12.8.